The molecule has 2 unspecified atom stereocenters. The Kier molecular flexibility index (Phi) is 3.85. The van der Waals surface area contributed by atoms with Crippen LogP contribution in [0.25, 0.3) is 10.9 Å². The molecule has 9 nitrogen and oxygen atoms in total. The zero-order chi connectivity index (χ0) is 18.4. The predicted molar refractivity (Wildman–Crippen MR) is 96.5 cm³/mol. The van der Waals surface area contributed by atoms with E-state index in [0.29, 0.717) is 16.7 Å². The molecule has 5 N–H and O–H groups in total. The third kappa shape index (κ3) is 3.00. The number of carbonyl (C=O) groups is 1. The fraction of sp³-hybridized carbons (Fsp3) is 0.250. The van der Waals surface area contributed by atoms with Crippen molar-refractivity contribution < 1.29 is 14.8 Å². The number of aryl methyl sites for hydroxylation is 1. The molecule has 0 aliphatic heterocycles. The van der Waals surface area contributed by atoms with E-state index in [1.54, 1.807) is 23.0 Å². The van der Waals surface area contributed by atoms with Gasteiger partial charge < -0.3 is 21.1 Å². The van der Waals surface area contributed by atoms with E-state index in [9.17, 15) is 14.8 Å². The van der Waals surface area contributed by atoms with Crippen LogP contribution in [0.1, 0.15) is 17.9 Å². The number of benzene rings is 1. The van der Waals surface area contributed by atoms with Crippen molar-refractivity contribution in [1.29, 1.82) is 0 Å². The van der Waals surface area contributed by atoms with Gasteiger partial charge in [0.15, 0.2) is 5.82 Å². The van der Waals surface area contributed by atoms with E-state index >= 15 is 0 Å². The second-order valence-corrected chi connectivity index (χ2v) is 6.54. The van der Waals surface area contributed by atoms with Gasteiger partial charge in [0.05, 0.1) is 11.9 Å². The molecule has 1 fully saturated rings. The van der Waals surface area contributed by atoms with Gasteiger partial charge in [0, 0.05) is 24.5 Å². The van der Waals surface area contributed by atoms with Crippen LogP contribution in [0.2, 0.25) is 0 Å². The summed E-state index contributed by atoms with van der Waals surface area (Å²) in [6.07, 6.45) is 4.46. The van der Waals surface area contributed by atoms with Crippen LogP contribution in [-0.2, 0) is 11.8 Å². The van der Waals surface area contributed by atoms with Crippen LogP contribution >= 0.6 is 0 Å². The predicted octanol–water partition coefficient (Wildman–Crippen LogP) is -0.633. The van der Waals surface area contributed by atoms with Crippen LogP contribution in [0.4, 0.5) is 11.5 Å². The monoisotopic (exact) mass is 352 g/mol. The number of aromatic nitrogens is 4. The highest BCUT2D eigenvalue weighted by molar-refractivity contribution is 6.59. The maximum absolute atomic E-state index is 12.4. The zero-order valence-corrected chi connectivity index (χ0v) is 14.0. The maximum Gasteiger partial charge on any atom is 0.488 e. The Morgan fingerprint density at radius 1 is 1.35 bits per heavy atom. The molecule has 1 aliphatic rings. The van der Waals surface area contributed by atoms with Crippen molar-refractivity contribution in [2.75, 3.05) is 11.1 Å². The van der Waals surface area contributed by atoms with E-state index in [-0.39, 0.29) is 28.9 Å². The standard InChI is InChI=1S/C16H17BN6O3/c1-23-7-9(6-19-23)11-5-12(11)16(24)20-14-3-8-2-10(17(25)26)4-13(18)15(8)22-21-14/h2-4,6-7,11-12,25-26H,5,18H2,1H3,(H,20,21,24). The van der Waals surface area contributed by atoms with Gasteiger partial charge in [-0.25, -0.2) is 0 Å². The van der Waals surface area contributed by atoms with E-state index in [1.807, 2.05) is 13.2 Å². The zero-order valence-electron chi connectivity index (χ0n) is 14.0. The molecular weight excluding hydrogens is 335 g/mol. The minimum Gasteiger partial charge on any atom is -0.423 e. The molecule has 2 heterocycles. The average Bonchev–Trinajstić information content (AvgIpc) is 3.29. The van der Waals surface area contributed by atoms with Gasteiger partial charge >= 0.3 is 7.12 Å². The Morgan fingerprint density at radius 3 is 2.85 bits per heavy atom. The van der Waals surface area contributed by atoms with E-state index < -0.39 is 7.12 Å². The Hall–Kier alpha value is -2.98. The van der Waals surface area contributed by atoms with Gasteiger partial charge in [-0.1, -0.05) is 6.07 Å². The molecule has 1 aliphatic carbocycles. The molecule has 10 heteroatoms. The Balaban J connectivity index is 1.53. The third-order valence-corrected chi connectivity index (χ3v) is 4.57. The highest BCUT2D eigenvalue weighted by atomic mass is 16.4. The lowest BCUT2D eigenvalue weighted by atomic mass is 9.79. The molecule has 0 radical (unpaired) electrons. The van der Waals surface area contributed by atoms with Gasteiger partial charge in [0.25, 0.3) is 0 Å². The molecule has 4 rings (SSSR count). The van der Waals surface area contributed by atoms with E-state index in [0.717, 1.165) is 12.0 Å². The molecule has 1 aromatic carbocycles. The lowest BCUT2D eigenvalue weighted by molar-refractivity contribution is -0.117. The van der Waals surface area contributed by atoms with Crippen molar-refractivity contribution in [2.24, 2.45) is 13.0 Å². The van der Waals surface area contributed by atoms with Gasteiger partial charge in [-0.15, -0.1) is 10.2 Å². The SMILES string of the molecule is Cn1cc(C2CC2C(=O)Nc2cc3cc(B(O)O)cc(N)c3nn2)cn1. The van der Waals surface area contributed by atoms with Gasteiger partial charge in [-0.2, -0.15) is 5.10 Å². The topological polar surface area (TPSA) is 139 Å². The summed E-state index contributed by atoms with van der Waals surface area (Å²) in [4.78, 5) is 12.4. The van der Waals surface area contributed by atoms with Gasteiger partial charge in [0.2, 0.25) is 5.91 Å². The molecule has 2 atom stereocenters. The summed E-state index contributed by atoms with van der Waals surface area (Å²) in [6.45, 7) is 0. The Bertz CT molecular complexity index is 1000. The van der Waals surface area contributed by atoms with Gasteiger partial charge in [-0.05, 0) is 35.5 Å². The molecule has 0 saturated heterocycles. The number of hydrogen-bond acceptors (Lipinski definition) is 7. The normalized spacial score (nSPS) is 18.7. The molecule has 3 aromatic rings. The lowest BCUT2D eigenvalue weighted by Crippen LogP contribution is -2.30. The van der Waals surface area contributed by atoms with Gasteiger partial charge in [-0.3, -0.25) is 9.48 Å². The van der Waals surface area contributed by atoms with Crippen LogP contribution in [-0.4, -0.2) is 43.1 Å². The Morgan fingerprint density at radius 2 is 2.15 bits per heavy atom. The number of rotatable bonds is 4. The number of carbonyl (C=O) groups excluding carboxylic acids is 1. The van der Waals surface area contributed by atoms with E-state index in [4.69, 9.17) is 5.73 Å². The lowest BCUT2D eigenvalue weighted by Gasteiger charge is -2.08. The van der Waals surface area contributed by atoms with E-state index in [1.165, 1.54) is 6.07 Å². The highest BCUT2D eigenvalue weighted by Crippen LogP contribution is 2.47. The number of hydrogen-bond donors (Lipinski definition) is 4. The first-order valence-corrected chi connectivity index (χ1v) is 8.15. The fourth-order valence-corrected chi connectivity index (χ4v) is 3.12. The maximum atomic E-state index is 12.4. The largest absolute Gasteiger partial charge is 0.488 e. The van der Waals surface area contributed by atoms with Crippen LogP contribution in [0.15, 0.2) is 30.6 Å². The van der Waals surface area contributed by atoms with Gasteiger partial charge in [0.1, 0.15) is 5.52 Å². The van der Waals surface area contributed by atoms with Crippen molar-refractivity contribution in [1.82, 2.24) is 20.0 Å². The minimum absolute atomic E-state index is 0.118. The van der Waals surface area contributed by atoms with Crippen molar-refractivity contribution >= 4 is 40.9 Å². The summed E-state index contributed by atoms with van der Waals surface area (Å²) >= 11 is 0. The first-order valence-electron chi connectivity index (χ1n) is 8.15. The molecule has 1 saturated carbocycles. The summed E-state index contributed by atoms with van der Waals surface area (Å²) in [5.74, 6) is 0.221. The van der Waals surface area contributed by atoms with Crippen LogP contribution < -0.4 is 16.5 Å². The molecule has 0 bridgehead atoms. The van der Waals surface area contributed by atoms with Crippen molar-refractivity contribution in [3.05, 3.63) is 36.2 Å². The number of fused-ring (bicyclic) bond motifs is 1. The quantitative estimate of drug-likeness (QED) is 0.362. The molecule has 1 amide bonds. The molecule has 2 aromatic heterocycles. The number of nitrogens with two attached hydrogens (primary N) is 1. The van der Waals surface area contributed by atoms with Crippen LogP contribution in [0, 0.1) is 5.92 Å². The number of nitrogens with zero attached hydrogens (tertiary/aromatic N) is 4. The van der Waals surface area contributed by atoms with E-state index in [2.05, 4.69) is 20.6 Å². The summed E-state index contributed by atoms with van der Waals surface area (Å²) in [7, 11) is 0.203. The number of nitrogens with one attached hydrogen (secondary N) is 1. The smallest absolute Gasteiger partial charge is 0.423 e. The summed E-state index contributed by atoms with van der Waals surface area (Å²) in [5.41, 5.74) is 7.89. The number of anilines is 2. The first-order chi connectivity index (χ1) is 12.4. The summed E-state index contributed by atoms with van der Waals surface area (Å²) < 4.78 is 1.72. The van der Waals surface area contributed by atoms with Crippen molar-refractivity contribution in [2.45, 2.75) is 12.3 Å². The third-order valence-electron chi connectivity index (χ3n) is 4.57. The molecule has 0 spiro atoms. The Labute approximate surface area is 149 Å². The number of nitrogen functional groups attached to an aromatic ring is 1. The molecule has 26 heavy (non-hydrogen) atoms. The highest BCUT2D eigenvalue weighted by Gasteiger charge is 2.44. The molecule has 132 valence electrons. The summed E-state index contributed by atoms with van der Waals surface area (Å²) in [6, 6.07) is 4.60. The minimum atomic E-state index is -1.64. The second-order valence-electron chi connectivity index (χ2n) is 6.54. The molecular formula is C16H17BN6O3. The fourth-order valence-electron chi connectivity index (χ4n) is 3.12. The first kappa shape index (κ1) is 16.5. The van der Waals surface area contributed by atoms with Crippen molar-refractivity contribution in [3.63, 3.8) is 0 Å². The van der Waals surface area contributed by atoms with Crippen LogP contribution in [0.3, 0.4) is 0 Å². The van der Waals surface area contributed by atoms with Crippen molar-refractivity contribution in [3.8, 4) is 0 Å². The summed E-state index contributed by atoms with van der Waals surface area (Å²) in [5, 5.41) is 34.1. The average molecular weight is 352 g/mol. The number of amides is 1. The second kappa shape index (κ2) is 6.08. The van der Waals surface area contributed by atoms with Crippen LogP contribution in [0.5, 0.6) is 0 Å².